The third-order valence-electron chi connectivity index (χ3n) is 4.71. The zero-order valence-corrected chi connectivity index (χ0v) is 16.4. The van der Waals surface area contributed by atoms with Gasteiger partial charge in [-0.05, 0) is 54.1 Å². The van der Waals surface area contributed by atoms with Crippen molar-refractivity contribution in [1.29, 1.82) is 0 Å². The van der Waals surface area contributed by atoms with Gasteiger partial charge in [0.1, 0.15) is 5.76 Å². The second kappa shape index (κ2) is 6.95. The largest absolute Gasteiger partial charge is 0.467 e. The topological polar surface area (TPSA) is 79.8 Å². The number of hydrogen-bond donors (Lipinski definition) is 0. The summed E-state index contributed by atoms with van der Waals surface area (Å²) >= 11 is 0. The molecule has 0 radical (unpaired) electrons. The van der Waals surface area contributed by atoms with Crippen molar-refractivity contribution >= 4 is 22.6 Å². The minimum Gasteiger partial charge on any atom is -0.467 e. The number of aryl methyl sites for hydroxylation is 2. The lowest BCUT2D eigenvalue weighted by Gasteiger charge is -2.25. The SMILES string of the molecule is Cc1cc(C)c2c(c1)cc(CN(Cc1ccco1)C(=O)N(C)C)c1nnnn12. The van der Waals surface area contributed by atoms with Gasteiger partial charge in [0.2, 0.25) is 0 Å². The van der Waals surface area contributed by atoms with Gasteiger partial charge >= 0.3 is 6.03 Å². The van der Waals surface area contributed by atoms with Gasteiger partial charge in [-0.1, -0.05) is 11.6 Å². The Morgan fingerprint density at radius 1 is 1.18 bits per heavy atom. The molecule has 2 amide bonds. The van der Waals surface area contributed by atoms with E-state index in [1.807, 2.05) is 12.1 Å². The molecule has 0 spiro atoms. The van der Waals surface area contributed by atoms with Gasteiger partial charge in [0.15, 0.2) is 5.65 Å². The second-order valence-electron chi connectivity index (χ2n) is 7.22. The van der Waals surface area contributed by atoms with Crippen LogP contribution >= 0.6 is 0 Å². The molecule has 0 fully saturated rings. The minimum atomic E-state index is -0.109. The number of carbonyl (C=O) groups is 1. The first-order chi connectivity index (χ1) is 13.4. The monoisotopic (exact) mass is 378 g/mol. The Bertz CT molecular complexity index is 1150. The standard InChI is InChI=1S/C20H22N6O2/c1-13-8-14(2)18-15(9-13)10-16(19-21-22-23-26(18)19)11-25(20(27)24(3)4)12-17-6-5-7-28-17/h5-10H,11-12H2,1-4H3. The van der Waals surface area contributed by atoms with Gasteiger partial charge in [0.25, 0.3) is 0 Å². The lowest BCUT2D eigenvalue weighted by molar-refractivity contribution is 0.161. The molecule has 28 heavy (non-hydrogen) atoms. The number of pyridine rings is 1. The molecule has 8 nitrogen and oxygen atoms in total. The molecule has 3 aromatic heterocycles. The number of carbonyl (C=O) groups excluding carboxylic acids is 1. The highest BCUT2D eigenvalue weighted by molar-refractivity contribution is 5.86. The summed E-state index contributed by atoms with van der Waals surface area (Å²) in [4.78, 5) is 16.0. The van der Waals surface area contributed by atoms with Crippen LogP contribution in [0.5, 0.6) is 0 Å². The van der Waals surface area contributed by atoms with E-state index in [1.54, 1.807) is 34.7 Å². The molecule has 3 heterocycles. The first-order valence-electron chi connectivity index (χ1n) is 9.03. The first kappa shape index (κ1) is 18.0. The van der Waals surface area contributed by atoms with E-state index in [0.29, 0.717) is 18.7 Å². The van der Waals surface area contributed by atoms with Gasteiger partial charge < -0.3 is 14.2 Å². The highest BCUT2D eigenvalue weighted by Gasteiger charge is 2.21. The molecule has 0 N–H and O–H groups in total. The Hall–Kier alpha value is -3.42. The van der Waals surface area contributed by atoms with Crippen LogP contribution in [0.1, 0.15) is 22.5 Å². The van der Waals surface area contributed by atoms with Gasteiger partial charge in [-0.15, -0.1) is 5.10 Å². The molecule has 4 aromatic rings. The van der Waals surface area contributed by atoms with Crippen molar-refractivity contribution in [1.82, 2.24) is 29.8 Å². The summed E-state index contributed by atoms with van der Waals surface area (Å²) in [7, 11) is 3.47. The molecule has 0 atom stereocenters. The Kier molecular flexibility index (Phi) is 4.46. The van der Waals surface area contributed by atoms with Crippen molar-refractivity contribution in [2.75, 3.05) is 14.1 Å². The van der Waals surface area contributed by atoms with E-state index in [1.165, 1.54) is 5.56 Å². The molecule has 0 aliphatic heterocycles. The summed E-state index contributed by atoms with van der Waals surface area (Å²) in [5.41, 5.74) is 4.78. The van der Waals surface area contributed by atoms with Crippen LogP contribution in [-0.2, 0) is 13.1 Å². The lowest BCUT2D eigenvalue weighted by atomic mass is 10.0. The van der Waals surface area contributed by atoms with Gasteiger partial charge in [0.05, 0.1) is 24.9 Å². The van der Waals surface area contributed by atoms with Crippen LogP contribution in [0.2, 0.25) is 0 Å². The molecule has 0 saturated heterocycles. The Morgan fingerprint density at radius 2 is 2.00 bits per heavy atom. The lowest BCUT2D eigenvalue weighted by Crippen LogP contribution is -2.38. The average molecular weight is 378 g/mol. The highest BCUT2D eigenvalue weighted by Crippen LogP contribution is 2.25. The average Bonchev–Trinajstić information content (AvgIpc) is 3.31. The second-order valence-corrected chi connectivity index (χ2v) is 7.22. The number of tetrazole rings is 1. The van der Waals surface area contributed by atoms with E-state index >= 15 is 0 Å². The summed E-state index contributed by atoms with van der Waals surface area (Å²) < 4.78 is 7.20. The summed E-state index contributed by atoms with van der Waals surface area (Å²) in [6.07, 6.45) is 1.61. The molecule has 1 aromatic carbocycles. The maximum atomic E-state index is 12.8. The van der Waals surface area contributed by atoms with Gasteiger partial charge in [-0.2, -0.15) is 4.52 Å². The molecular weight excluding hydrogens is 356 g/mol. The fourth-order valence-corrected chi connectivity index (χ4v) is 3.57. The highest BCUT2D eigenvalue weighted by atomic mass is 16.3. The number of hydrogen-bond acceptors (Lipinski definition) is 5. The number of aromatic nitrogens is 4. The van der Waals surface area contributed by atoms with Gasteiger partial charge in [-0.25, -0.2) is 4.79 Å². The van der Waals surface area contributed by atoms with Crippen molar-refractivity contribution in [2.45, 2.75) is 26.9 Å². The number of furan rings is 1. The molecular formula is C20H22N6O2. The van der Waals surface area contributed by atoms with Gasteiger partial charge in [-0.3, -0.25) is 0 Å². The molecule has 0 bridgehead atoms. The first-order valence-corrected chi connectivity index (χ1v) is 9.03. The fraction of sp³-hybridized carbons (Fsp3) is 0.300. The van der Waals surface area contributed by atoms with E-state index < -0.39 is 0 Å². The summed E-state index contributed by atoms with van der Waals surface area (Å²) in [6.45, 7) is 4.84. The predicted octanol–water partition coefficient (Wildman–Crippen LogP) is 3.17. The van der Waals surface area contributed by atoms with Crippen molar-refractivity contribution in [3.05, 3.63) is 59.0 Å². The Morgan fingerprint density at radius 3 is 2.71 bits per heavy atom. The van der Waals surface area contributed by atoms with E-state index in [0.717, 1.165) is 27.8 Å². The summed E-state index contributed by atoms with van der Waals surface area (Å²) in [5.74, 6) is 0.721. The fourth-order valence-electron chi connectivity index (χ4n) is 3.57. The van der Waals surface area contributed by atoms with E-state index in [-0.39, 0.29) is 6.03 Å². The van der Waals surface area contributed by atoms with Crippen LogP contribution in [0, 0.1) is 13.8 Å². The van der Waals surface area contributed by atoms with Crippen LogP contribution in [0.3, 0.4) is 0 Å². The quantitative estimate of drug-likeness (QED) is 0.545. The van der Waals surface area contributed by atoms with Crippen molar-refractivity contribution < 1.29 is 9.21 Å². The molecule has 4 rings (SSSR count). The summed E-state index contributed by atoms with van der Waals surface area (Å²) in [6, 6.07) is 9.86. The third kappa shape index (κ3) is 3.17. The van der Waals surface area contributed by atoms with Crippen LogP contribution in [-0.4, -0.2) is 50.0 Å². The normalized spacial score (nSPS) is 11.3. The predicted molar refractivity (Wildman–Crippen MR) is 105 cm³/mol. The third-order valence-corrected chi connectivity index (χ3v) is 4.71. The Balaban J connectivity index is 1.81. The van der Waals surface area contributed by atoms with Crippen LogP contribution in [0.25, 0.3) is 16.6 Å². The number of benzene rings is 1. The van der Waals surface area contributed by atoms with E-state index in [4.69, 9.17) is 4.42 Å². The molecule has 0 saturated carbocycles. The van der Waals surface area contributed by atoms with Crippen molar-refractivity contribution in [3.8, 4) is 0 Å². The van der Waals surface area contributed by atoms with E-state index in [2.05, 4.69) is 47.6 Å². The van der Waals surface area contributed by atoms with Crippen LogP contribution < -0.4 is 0 Å². The van der Waals surface area contributed by atoms with Crippen molar-refractivity contribution in [3.63, 3.8) is 0 Å². The van der Waals surface area contributed by atoms with E-state index in [9.17, 15) is 4.79 Å². The zero-order chi connectivity index (χ0) is 19.8. The number of nitrogens with zero attached hydrogens (tertiary/aromatic N) is 6. The molecule has 144 valence electrons. The van der Waals surface area contributed by atoms with Crippen LogP contribution in [0.4, 0.5) is 4.79 Å². The smallest absolute Gasteiger partial charge is 0.320 e. The maximum absolute atomic E-state index is 12.8. The number of amides is 2. The zero-order valence-electron chi connectivity index (χ0n) is 16.4. The Labute approximate surface area is 162 Å². The van der Waals surface area contributed by atoms with Crippen LogP contribution in [0.15, 0.2) is 41.0 Å². The molecule has 0 unspecified atom stereocenters. The van der Waals surface area contributed by atoms with Crippen molar-refractivity contribution in [2.24, 2.45) is 0 Å². The number of rotatable bonds is 4. The minimum absolute atomic E-state index is 0.109. The number of urea groups is 1. The molecule has 8 heteroatoms. The van der Waals surface area contributed by atoms with Gasteiger partial charge in [0, 0.05) is 25.0 Å². The molecule has 0 aliphatic carbocycles. The summed E-state index contributed by atoms with van der Waals surface area (Å²) in [5, 5.41) is 13.3. The number of fused-ring (bicyclic) bond motifs is 3. The maximum Gasteiger partial charge on any atom is 0.320 e. The molecule has 0 aliphatic rings.